The lowest BCUT2D eigenvalue weighted by atomic mass is 10.0. The van der Waals surface area contributed by atoms with Gasteiger partial charge in [0.1, 0.15) is 5.82 Å². The van der Waals surface area contributed by atoms with Crippen molar-refractivity contribution in [3.05, 3.63) is 59.8 Å². The summed E-state index contributed by atoms with van der Waals surface area (Å²) >= 11 is 0. The molecule has 2 N–H and O–H groups in total. The number of nitrogens with zero attached hydrogens (tertiary/aromatic N) is 3. The molecule has 2 aliphatic rings. The molecular weight excluding hydrogens is 394 g/mol. The average molecular weight is 426 g/mol. The molecule has 0 saturated carbocycles. The molecule has 0 radical (unpaired) electrons. The Morgan fingerprint density at radius 1 is 0.935 bits per heavy atom. The van der Waals surface area contributed by atoms with Crippen LogP contribution in [0.3, 0.4) is 0 Å². The number of amides is 2. The molecule has 0 bridgehead atoms. The van der Waals surface area contributed by atoms with E-state index in [2.05, 4.69) is 37.6 Å². The molecule has 2 aliphatic heterocycles. The third-order valence-electron chi connectivity index (χ3n) is 5.72. The number of anilines is 1. The van der Waals surface area contributed by atoms with Gasteiger partial charge in [0.25, 0.3) is 0 Å². The number of benzene rings is 1. The fourth-order valence-electron chi connectivity index (χ4n) is 3.96. The van der Waals surface area contributed by atoms with Gasteiger partial charge in [-0.15, -0.1) is 0 Å². The Labute approximate surface area is 183 Å². The molecule has 8 heteroatoms. The highest BCUT2D eigenvalue weighted by molar-refractivity contribution is 5.73. The van der Waals surface area contributed by atoms with Crippen LogP contribution in [-0.4, -0.2) is 75.1 Å². The van der Waals surface area contributed by atoms with Crippen LogP contribution in [0.5, 0.6) is 0 Å². The Morgan fingerprint density at radius 3 is 2.32 bits per heavy atom. The lowest BCUT2D eigenvalue weighted by Crippen LogP contribution is -2.45. The number of carbonyl (C=O) groups is 1. The van der Waals surface area contributed by atoms with Crippen molar-refractivity contribution < 1.29 is 14.3 Å². The SMILES string of the molecule is O=C(NCc1ccc(N2CCOCC2)nc1)NC[C@@H](c1ccccc1)N1CCOCC1. The Morgan fingerprint density at radius 2 is 1.65 bits per heavy atom. The highest BCUT2D eigenvalue weighted by atomic mass is 16.5. The summed E-state index contributed by atoms with van der Waals surface area (Å²) in [6, 6.07) is 14.3. The van der Waals surface area contributed by atoms with Crippen molar-refractivity contribution in [1.29, 1.82) is 0 Å². The number of ether oxygens (including phenoxy) is 2. The van der Waals surface area contributed by atoms with Gasteiger partial charge in [-0.3, -0.25) is 4.90 Å². The monoisotopic (exact) mass is 425 g/mol. The molecule has 3 heterocycles. The molecule has 2 aromatic rings. The van der Waals surface area contributed by atoms with Gasteiger partial charge in [-0.05, 0) is 17.2 Å². The number of nitrogens with one attached hydrogen (secondary N) is 2. The summed E-state index contributed by atoms with van der Waals surface area (Å²) in [6.45, 7) is 7.36. The van der Waals surface area contributed by atoms with Crippen LogP contribution in [0, 0.1) is 0 Å². The van der Waals surface area contributed by atoms with Gasteiger partial charge in [-0.25, -0.2) is 9.78 Å². The highest BCUT2D eigenvalue weighted by Gasteiger charge is 2.23. The summed E-state index contributed by atoms with van der Waals surface area (Å²) in [5.74, 6) is 0.952. The molecule has 1 aromatic heterocycles. The Hall–Kier alpha value is -2.68. The van der Waals surface area contributed by atoms with E-state index in [-0.39, 0.29) is 12.1 Å². The van der Waals surface area contributed by atoms with Crippen LogP contribution < -0.4 is 15.5 Å². The highest BCUT2D eigenvalue weighted by Crippen LogP contribution is 2.21. The number of rotatable bonds is 7. The van der Waals surface area contributed by atoms with E-state index in [4.69, 9.17) is 9.47 Å². The van der Waals surface area contributed by atoms with E-state index in [1.54, 1.807) is 0 Å². The van der Waals surface area contributed by atoms with Crippen molar-refractivity contribution in [3.63, 3.8) is 0 Å². The first-order valence-corrected chi connectivity index (χ1v) is 11.0. The van der Waals surface area contributed by atoms with Crippen molar-refractivity contribution in [2.45, 2.75) is 12.6 Å². The van der Waals surface area contributed by atoms with Crippen LogP contribution in [0.1, 0.15) is 17.2 Å². The molecular formula is C23H31N5O3. The summed E-state index contributed by atoms with van der Waals surface area (Å²) in [4.78, 5) is 21.6. The van der Waals surface area contributed by atoms with Crippen molar-refractivity contribution in [3.8, 4) is 0 Å². The molecule has 2 amide bonds. The third kappa shape index (κ3) is 6.16. The number of hydrogen-bond acceptors (Lipinski definition) is 6. The van der Waals surface area contributed by atoms with Gasteiger partial charge in [-0.2, -0.15) is 0 Å². The Bertz CT molecular complexity index is 806. The van der Waals surface area contributed by atoms with Gasteiger partial charge < -0.3 is 25.0 Å². The van der Waals surface area contributed by atoms with Gasteiger partial charge >= 0.3 is 6.03 Å². The fraction of sp³-hybridized carbons (Fsp3) is 0.478. The normalized spacial score (nSPS) is 18.4. The predicted molar refractivity (Wildman–Crippen MR) is 119 cm³/mol. The van der Waals surface area contributed by atoms with Crippen LogP contribution in [0.4, 0.5) is 10.6 Å². The van der Waals surface area contributed by atoms with Gasteiger partial charge in [0.15, 0.2) is 0 Å². The number of carbonyl (C=O) groups excluding carboxylic acids is 1. The first-order chi connectivity index (χ1) is 15.3. The molecule has 1 atom stereocenters. The number of hydrogen-bond donors (Lipinski definition) is 2. The summed E-state index contributed by atoms with van der Waals surface area (Å²) in [6.07, 6.45) is 1.82. The molecule has 0 spiro atoms. The van der Waals surface area contributed by atoms with Gasteiger partial charge in [-0.1, -0.05) is 36.4 Å². The second kappa shape index (κ2) is 11.1. The molecule has 166 valence electrons. The number of aromatic nitrogens is 1. The first-order valence-electron chi connectivity index (χ1n) is 11.0. The van der Waals surface area contributed by atoms with Crippen molar-refractivity contribution in [2.24, 2.45) is 0 Å². The minimum atomic E-state index is -0.175. The Balaban J connectivity index is 1.27. The third-order valence-corrected chi connectivity index (χ3v) is 5.72. The molecule has 2 saturated heterocycles. The van der Waals surface area contributed by atoms with E-state index in [9.17, 15) is 4.79 Å². The van der Waals surface area contributed by atoms with Crippen LogP contribution in [0.2, 0.25) is 0 Å². The minimum absolute atomic E-state index is 0.130. The summed E-state index contributed by atoms with van der Waals surface area (Å²) in [5, 5.41) is 5.98. The van der Waals surface area contributed by atoms with E-state index in [1.165, 1.54) is 5.56 Å². The molecule has 31 heavy (non-hydrogen) atoms. The van der Waals surface area contributed by atoms with Crippen LogP contribution in [0.25, 0.3) is 0 Å². The van der Waals surface area contributed by atoms with E-state index in [0.717, 1.165) is 64.0 Å². The molecule has 2 fully saturated rings. The molecule has 8 nitrogen and oxygen atoms in total. The number of urea groups is 1. The van der Waals surface area contributed by atoms with Crippen molar-refractivity contribution in [1.82, 2.24) is 20.5 Å². The van der Waals surface area contributed by atoms with Gasteiger partial charge in [0.2, 0.25) is 0 Å². The molecule has 0 unspecified atom stereocenters. The predicted octanol–water partition coefficient (Wildman–Crippen LogP) is 1.79. The lowest BCUT2D eigenvalue weighted by molar-refractivity contribution is 0.0167. The molecule has 1 aromatic carbocycles. The van der Waals surface area contributed by atoms with Gasteiger partial charge in [0, 0.05) is 45.5 Å². The maximum absolute atomic E-state index is 12.4. The number of morpholine rings is 2. The summed E-state index contributed by atoms with van der Waals surface area (Å²) < 4.78 is 10.9. The summed E-state index contributed by atoms with van der Waals surface area (Å²) in [5.41, 5.74) is 2.17. The maximum Gasteiger partial charge on any atom is 0.315 e. The quantitative estimate of drug-likeness (QED) is 0.704. The van der Waals surface area contributed by atoms with E-state index in [0.29, 0.717) is 13.1 Å². The van der Waals surface area contributed by atoms with Crippen LogP contribution >= 0.6 is 0 Å². The molecule has 4 rings (SSSR count). The van der Waals surface area contributed by atoms with E-state index < -0.39 is 0 Å². The summed E-state index contributed by atoms with van der Waals surface area (Å²) in [7, 11) is 0. The average Bonchev–Trinajstić information content (AvgIpc) is 2.85. The van der Waals surface area contributed by atoms with E-state index in [1.807, 2.05) is 36.5 Å². The van der Waals surface area contributed by atoms with E-state index >= 15 is 0 Å². The lowest BCUT2D eigenvalue weighted by Gasteiger charge is -2.34. The number of pyridine rings is 1. The van der Waals surface area contributed by atoms with Crippen LogP contribution in [0.15, 0.2) is 48.7 Å². The standard InChI is InChI=1S/C23H31N5O3/c29-23(25-17-19-6-7-22(24-16-19)28-10-14-31-15-11-28)26-18-21(20-4-2-1-3-5-20)27-8-12-30-13-9-27/h1-7,16,21H,8-15,17-18H2,(H2,25,26,29)/t21-/m0/s1. The molecule has 0 aliphatic carbocycles. The topological polar surface area (TPSA) is 79.0 Å². The first kappa shape index (κ1) is 21.5. The second-order valence-corrected chi connectivity index (χ2v) is 7.76. The van der Waals surface area contributed by atoms with Gasteiger partial charge in [0.05, 0.1) is 32.5 Å². The fourth-order valence-corrected chi connectivity index (χ4v) is 3.96. The second-order valence-electron chi connectivity index (χ2n) is 7.76. The Kier molecular flexibility index (Phi) is 7.71. The smallest absolute Gasteiger partial charge is 0.315 e. The minimum Gasteiger partial charge on any atom is -0.379 e. The van der Waals surface area contributed by atoms with Crippen LogP contribution in [-0.2, 0) is 16.0 Å². The van der Waals surface area contributed by atoms with Crippen molar-refractivity contribution in [2.75, 3.05) is 64.1 Å². The zero-order valence-electron chi connectivity index (χ0n) is 17.8. The maximum atomic E-state index is 12.4. The largest absolute Gasteiger partial charge is 0.379 e. The van der Waals surface area contributed by atoms with Crippen molar-refractivity contribution >= 4 is 11.8 Å². The zero-order chi connectivity index (χ0) is 21.3. The zero-order valence-corrected chi connectivity index (χ0v) is 17.8.